The molecule has 5 nitrogen and oxygen atoms in total. The highest BCUT2D eigenvalue weighted by Gasteiger charge is 2.16. The van der Waals surface area contributed by atoms with Gasteiger partial charge in [-0.1, -0.05) is 30.0 Å². The Balaban J connectivity index is 2.02. The summed E-state index contributed by atoms with van der Waals surface area (Å²) in [7, 11) is 1.34. The zero-order valence-electron chi connectivity index (χ0n) is 12.9. The SMILES string of the molecule is C=CCSc1nc(Oc2ccccc2C(=O)OC)c2sccc2n1. The number of fused-ring (bicyclic) bond motifs is 1. The molecule has 3 aromatic rings. The second kappa shape index (κ2) is 7.46. The van der Waals surface area contributed by atoms with Crippen molar-refractivity contribution < 1.29 is 14.3 Å². The molecule has 0 aliphatic carbocycles. The van der Waals surface area contributed by atoms with E-state index in [0.717, 1.165) is 10.2 Å². The van der Waals surface area contributed by atoms with Gasteiger partial charge in [-0.15, -0.1) is 17.9 Å². The molecule has 7 heteroatoms. The van der Waals surface area contributed by atoms with Crippen LogP contribution < -0.4 is 4.74 Å². The molecule has 0 unspecified atom stereocenters. The quantitative estimate of drug-likeness (QED) is 0.279. The second-order valence-corrected chi connectivity index (χ2v) is 6.54. The minimum absolute atomic E-state index is 0.351. The van der Waals surface area contributed by atoms with Crippen LogP contribution in [0, 0.1) is 0 Å². The Bertz CT molecular complexity index is 892. The third-order valence-corrected chi connectivity index (χ3v) is 4.82. The number of hydrogen-bond donors (Lipinski definition) is 0. The number of nitrogens with zero attached hydrogens (tertiary/aromatic N) is 2. The molecule has 0 atom stereocenters. The van der Waals surface area contributed by atoms with Gasteiger partial charge in [-0.2, -0.15) is 4.98 Å². The molecule has 122 valence electrons. The van der Waals surface area contributed by atoms with Gasteiger partial charge in [0.25, 0.3) is 0 Å². The van der Waals surface area contributed by atoms with Gasteiger partial charge in [0.15, 0.2) is 5.16 Å². The van der Waals surface area contributed by atoms with Crippen molar-refractivity contribution >= 4 is 39.3 Å². The van der Waals surface area contributed by atoms with E-state index in [1.807, 2.05) is 11.4 Å². The summed E-state index contributed by atoms with van der Waals surface area (Å²) in [5.74, 6) is 1.08. The van der Waals surface area contributed by atoms with Crippen LogP contribution in [0.1, 0.15) is 10.4 Å². The molecule has 1 aromatic carbocycles. The number of benzene rings is 1. The smallest absolute Gasteiger partial charge is 0.341 e. The third-order valence-electron chi connectivity index (χ3n) is 3.08. The van der Waals surface area contributed by atoms with E-state index in [9.17, 15) is 4.79 Å². The number of carbonyl (C=O) groups excluding carboxylic acids is 1. The van der Waals surface area contributed by atoms with E-state index in [0.29, 0.717) is 28.1 Å². The first-order chi connectivity index (χ1) is 11.7. The fourth-order valence-electron chi connectivity index (χ4n) is 2.02. The summed E-state index contributed by atoms with van der Waals surface area (Å²) in [6, 6.07) is 8.83. The van der Waals surface area contributed by atoms with Crippen LogP contribution >= 0.6 is 23.1 Å². The van der Waals surface area contributed by atoms with E-state index < -0.39 is 5.97 Å². The number of para-hydroxylation sites is 1. The van der Waals surface area contributed by atoms with Gasteiger partial charge in [0.1, 0.15) is 16.0 Å². The fraction of sp³-hybridized carbons (Fsp3) is 0.118. The van der Waals surface area contributed by atoms with Crippen molar-refractivity contribution in [3.8, 4) is 11.6 Å². The van der Waals surface area contributed by atoms with Crippen molar-refractivity contribution in [2.24, 2.45) is 0 Å². The third kappa shape index (κ3) is 3.42. The summed E-state index contributed by atoms with van der Waals surface area (Å²) in [5, 5.41) is 2.53. The summed E-state index contributed by atoms with van der Waals surface area (Å²) >= 11 is 2.96. The Hall–Kier alpha value is -2.38. The van der Waals surface area contributed by atoms with Crippen LogP contribution in [0.3, 0.4) is 0 Å². The molecular weight excluding hydrogens is 344 g/mol. The molecule has 0 aliphatic heterocycles. The minimum Gasteiger partial charge on any atom is -0.465 e. The molecule has 0 saturated carbocycles. The first-order valence-corrected chi connectivity index (χ1v) is 8.93. The normalized spacial score (nSPS) is 10.5. The molecular formula is C17H14N2O3S2. The standard InChI is InChI=1S/C17H14N2O3S2/c1-3-9-24-17-18-12-8-10-23-14(12)15(19-17)22-13-7-5-4-6-11(13)16(20)21-2/h3-8,10H,1,9H2,2H3. The minimum atomic E-state index is -0.455. The molecule has 2 heterocycles. The molecule has 0 bridgehead atoms. The van der Waals surface area contributed by atoms with Crippen LogP contribution in [0.4, 0.5) is 0 Å². The number of rotatable bonds is 6. The molecule has 0 fully saturated rings. The number of esters is 1. The molecule has 3 rings (SSSR count). The maximum atomic E-state index is 11.9. The monoisotopic (exact) mass is 358 g/mol. The van der Waals surface area contributed by atoms with Gasteiger partial charge >= 0.3 is 5.97 Å². The number of hydrogen-bond acceptors (Lipinski definition) is 7. The van der Waals surface area contributed by atoms with Crippen molar-refractivity contribution in [1.82, 2.24) is 9.97 Å². The Labute approximate surface area is 147 Å². The lowest BCUT2D eigenvalue weighted by Crippen LogP contribution is -2.04. The average Bonchev–Trinajstić information content (AvgIpc) is 3.08. The molecule has 0 amide bonds. The van der Waals surface area contributed by atoms with Gasteiger partial charge in [-0.05, 0) is 23.6 Å². The van der Waals surface area contributed by atoms with Crippen molar-refractivity contribution in [3.63, 3.8) is 0 Å². The Morgan fingerprint density at radius 2 is 2.17 bits per heavy atom. The first kappa shape index (κ1) is 16.5. The topological polar surface area (TPSA) is 61.3 Å². The number of ether oxygens (including phenoxy) is 2. The lowest BCUT2D eigenvalue weighted by atomic mass is 10.2. The van der Waals surface area contributed by atoms with Crippen LogP contribution in [0.25, 0.3) is 10.2 Å². The second-order valence-electron chi connectivity index (χ2n) is 4.64. The highest BCUT2D eigenvalue weighted by Crippen LogP contribution is 2.34. The van der Waals surface area contributed by atoms with Gasteiger partial charge in [0.05, 0.1) is 12.6 Å². The molecule has 24 heavy (non-hydrogen) atoms. The number of thiophene rings is 1. The summed E-state index contributed by atoms with van der Waals surface area (Å²) in [4.78, 5) is 20.9. The molecule has 2 aromatic heterocycles. The van der Waals surface area contributed by atoms with Crippen molar-refractivity contribution in [3.05, 3.63) is 53.9 Å². The van der Waals surface area contributed by atoms with E-state index in [4.69, 9.17) is 9.47 Å². The average molecular weight is 358 g/mol. The highest BCUT2D eigenvalue weighted by atomic mass is 32.2. The fourth-order valence-corrected chi connectivity index (χ4v) is 3.35. The zero-order valence-corrected chi connectivity index (χ0v) is 14.5. The largest absolute Gasteiger partial charge is 0.465 e. The Morgan fingerprint density at radius 3 is 2.96 bits per heavy atom. The Kier molecular flexibility index (Phi) is 5.12. The first-order valence-electron chi connectivity index (χ1n) is 7.07. The highest BCUT2D eigenvalue weighted by molar-refractivity contribution is 7.99. The van der Waals surface area contributed by atoms with E-state index >= 15 is 0 Å². The van der Waals surface area contributed by atoms with Crippen molar-refractivity contribution in [2.45, 2.75) is 5.16 Å². The Morgan fingerprint density at radius 1 is 1.33 bits per heavy atom. The van der Waals surface area contributed by atoms with Gasteiger partial charge in [-0.25, -0.2) is 9.78 Å². The van der Waals surface area contributed by atoms with Crippen LogP contribution in [0.5, 0.6) is 11.6 Å². The molecule has 0 spiro atoms. The van der Waals surface area contributed by atoms with E-state index in [1.165, 1.54) is 30.2 Å². The summed E-state index contributed by atoms with van der Waals surface area (Å²) in [5.41, 5.74) is 1.16. The predicted octanol–water partition coefficient (Wildman–Crippen LogP) is 4.55. The summed E-state index contributed by atoms with van der Waals surface area (Å²) in [6.07, 6.45) is 1.79. The summed E-state index contributed by atoms with van der Waals surface area (Å²) in [6.45, 7) is 3.70. The number of methoxy groups -OCH3 is 1. The molecule has 0 aliphatic rings. The number of aromatic nitrogens is 2. The predicted molar refractivity (Wildman–Crippen MR) is 96.2 cm³/mol. The maximum absolute atomic E-state index is 11.9. The van der Waals surface area contributed by atoms with Gasteiger partial charge in [-0.3, -0.25) is 0 Å². The van der Waals surface area contributed by atoms with Crippen molar-refractivity contribution in [2.75, 3.05) is 12.9 Å². The van der Waals surface area contributed by atoms with E-state index in [-0.39, 0.29) is 0 Å². The van der Waals surface area contributed by atoms with Crippen LogP contribution in [-0.4, -0.2) is 28.8 Å². The molecule has 0 N–H and O–H groups in total. The van der Waals surface area contributed by atoms with Gasteiger partial charge in [0.2, 0.25) is 5.88 Å². The number of thioether (sulfide) groups is 1. The van der Waals surface area contributed by atoms with Crippen LogP contribution in [0.15, 0.2) is 53.5 Å². The summed E-state index contributed by atoms with van der Waals surface area (Å²) < 4.78 is 11.6. The van der Waals surface area contributed by atoms with E-state index in [1.54, 1.807) is 30.3 Å². The molecule has 0 saturated heterocycles. The van der Waals surface area contributed by atoms with Gasteiger partial charge < -0.3 is 9.47 Å². The van der Waals surface area contributed by atoms with Gasteiger partial charge in [0, 0.05) is 5.75 Å². The lowest BCUT2D eigenvalue weighted by Gasteiger charge is -2.10. The lowest BCUT2D eigenvalue weighted by molar-refractivity contribution is 0.0598. The van der Waals surface area contributed by atoms with E-state index in [2.05, 4.69) is 16.5 Å². The number of carbonyl (C=O) groups is 1. The zero-order chi connectivity index (χ0) is 16.9. The molecule has 0 radical (unpaired) electrons. The van der Waals surface area contributed by atoms with Crippen LogP contribution in [0.2, 0.25) is 0 Å². The van der Waals surface area contributed by atoms with Crippen LogP contribution in [-0.2, 0) is 4.74 Å². The van der Waals surface area contributed by atoms with Crippen molar-refractivity contribution in [1.29, 1.82) is 0 Å². The maximum Gasteiger partial charge on any atom is 0.341 e.